The van der Waals surface area contributed by atoms with Crippen LogP contribution < -0.4 is 0 Å². The molecule has 1 saturated carbocycles. The molecule has 1 unspecified atom stereocenters. The second-order valence-electron chi connectivity index (χ2n) is 8.17. The normalized spacial score (nSPS) is 29.9. The monoisotopic (exact) mass is 324 g/mol. The van der Waals surface area contributed by atoms with Gasteiger partial charge < -0.3 is 4.74 Å². The quantitative estimate of drug-likeness (QED) is 0.459. The van der Waals surface area contributed by atoms with Gasteiger partial charge in [0, 0.05) is 37.3 Å². The molecule has 0 N–H and O–H groups in total. The highest BCUT2D eigenvalue weighted by molar-refractivity contribution is 6.76. The number of nitrogens with zero attached hydrogens (tertiary/aromatic N) is 2. The van der Waals surface area contributed by atoms with Crippen molar-refractivity contribution in [2.24, 2.45) is 11.3 Å². The third-order valence-electron chi connectivity index (χ3n) is 5.21. The van der Waals surface area contributed by atoms with Crippen LogP contribution in [0, 0.1) is 11.3 Å². The lowest BCUT2D eigenvalue weighted by Crippen LogP contribution is -2.23. The predicted molar refractivity (Wildman–Crippen MR) is 85.6 cm³/mol. The molecule has 0 saturated heterocycles. The molecule has 0 spiro atoms. The highest BCUT2D eigenvalue weighted by atomic mass is 28.3. The van der Waals surface area contributed by atoms with Crippen molar-refractivity contribution in [1.29, 1.82) is 0 Å². The Morgan fingerprint density at radius 1 is 1.50 bits per heavy atom. The number of carbonyl (C=O) groups is 1. The van der Waals surface area contributed by atoms with Crippen LogP contribution in [0.25, 0.3) is 0 Å². The van der Waals surface area contributed by atoms with E-state index in [0.717, 1.165) is 23.6 Å². The summed E-state index contributed by atoms with van der Waals surface area (Å²) in [5, 5.41) is 4.37. The molecule has 4 nitrogen and oxygen atoms in total. The molecule has 3 atom stereocenters. The molecule has 1 heterocycles. The number of aromatic nitrogens is 2. The molecule has 0 bridgehead atoms. The first-order valence-electron chi connectivity index (χ1n) is 8.02. The van der Waals surface area contributed by atoms with Crippen LogP contribution in [-0.2, 0) is 24.3 Å². The smallest absolute Gasteiger partial charge is 0.170 e. The minimum atomic E-state index is -1.11. The van der Waals surface area contributed by atoms with Crippen LogP contribution in [-0.4, -0.2) is 36.9 Å². The van der Waals surface area contributed by atoms with Crippen LogP contribution in [0.5, 0.6) is 0 Å². The van der Waals surface area contributed by atoms with Crippen LogP contribution in [0.2, 0.25) is 25.7 Å². The number of halogens is 1. The van der Waals surface area contributed by atoms with Gasteiger partial charge in [-0.15, -0.1) is 0 Å². The number of carbonyl (C=O) groups excluding carboxylic acids is 1. The van der Waals surface area contributed by atoms with Gasteiger partial charge in [0.2, 0.25) is 0 Å². The fourth-order valence-electron chi connectivity index (χ4n) is 3.45. The Kier molecular flexibility index (Phi) is 3.80. The fourth-order valence-corrected chi connectivity index (χ4v) is 4.21. The summed E-state index contributed by atoms with van der Waals surface area (Å²) in [4.78, 5) is 11.2. The molecule has 3 rings (SSSR count). The van der Waals surface area contributed by atoms with Crippen LogP contribution in [0.3, 0.4) is 0 Å². The molecule has 1 fully saturated rings. The molecule has 0 amide bonds. The molecular weight excluding hydrogens is 299 g/mol. The molecule has 2 aliphatic carbocycles. The Morgan fingerprint density at radius 2 is 2.23 bits per heavy atom. The van der Waals surface area contributed by atoms with Crippen molar-refractivity contribution in [2.75, 3.05) is 6.61 Å². The third-order valence-corrected chi connectivity index (χ3v) is 6.92. The minimum absolute atomic E-state index is 0.0594. The van der Waals surface area contributed by atoms with Gasteiger partial charge in [0.15, 0.2) is 6.29 Å². The van der Waals surface area contributed by atoms with Crippen LogP contribution in [0.4, 0.5) is 4.39 Å². The van der Waals surface area contributed by atoms with E-state index in [1.54, 1.807) is 4.68 Å². The summed E-state index contributed by atoms with van der Waals surface area (Å²) in [6.45, 7) is 10.0. The first-order chi connectivity index (χ1) is 10.3. The van der Waals surface area contributed by atoms with Gasteiger partial charge in [-0.05, 0) is 18.9 Å². The summed E-state index contributed by atoms with van der Waals surface area (Å²) in [5.41, 5.74) is 2.13. The molecular formula is C16H25FN2O2Si. The Balaban J connectivity index is 1.71. The molecule has 0 radical (unpaired) electrons. The van der Waals surface area contributed by atoms with Crippen molar-refractivity contribution in [2.45, 2.75) is 58.4 Å². The largest absolute Gasteiger partial charge is 0.360 e. The lowest BCUT2D eigenvalue weighted by molar-refractivity contribution is 0.0751. The SMILES string of the molecule is C[C@@]12Cc3c(c(C=O)nn3COCC[Si](C)(C)C)C[C@@H]1C2F. The first kappa shape index (κ1) is 15.9. The van der Waals surface area contributed by atoms with Gasteiger partial charge in [-0.1, -0.05) is 26.6 Å². The summed E-state index contributed by atoms with van der Waals surface area (Å²) < 4.78 is 21.5. The standard InChI is InChI=1S/C16H25FN2O2Si/c1-16-8-14-11(7-12(16)15(16)17)13(9-20)18-19(14)10-21-5-6-22(2,3)4/h9,12,15H,5-8,10H2,1-4H3/t12-,15?,16-/m1/s1. The van der Waals surface area contributed by atoms with Crippen molar-refractivity contribution < 1.29 is 13.9 Å². The third kappa shape index (κ3) is 2.67. The summed E-state index contributed by atoms with van der Waals surface area (Å²) >= 11 is 0. The topological polar surface area (TPSA) is 44.1 Å². The van der Waals surface area contributed by atoms with Crippen molar-refractivity contribution in [3.05, 3.63) is 17.0 Å². The Hall–Kier alpha value is -1.01. The maximum atomic E-state index is 14.0. The van der Waals surface area contributed by atoms with Crippen molar-refractivity contribution in [1.82, 2.24) is 9.78 Å². The maximum Gasteiger partial charge on any atom is 0.170 e. The number of aldehydes is 1. The molecule has 2 aliphatic rings. The number of hydrogen-bond acceptors (Lipinski definition) is 3. The van der Waals surface area contributed by atoms with Crippen molar-refractivity contribution in [3.8, 4) is 0 Å². The average Bonchev–Trinajstić information content (AvgIpc) is 2.81. The zero-order valence-electron chi connectivity index (χ0n) is 13.9. The predicted octanol–water partition coefficient (Wildman–Crippen LogP) is 3.08. The van der Waals surface area contributed by atoms with E-state index in [9.17, 15) is 9.18 Å². The van der Waals surface area contributed by atoms with Gasteiger partial charge in [-0.3, -0.25) is 4.79 Å². The first-order valence-corrected chi connectivity index (χ1v) is 11.7. The molecule has 122 valence electrons. The number of rotatable bonds is 6. The lowest BCUT2D eigenvalue weighted by atomic mass is 9.88. The number of alkyl halides is 1. The number of fused-ring (bicyclic) bond motifs is 2. The minimum Gasteiger partial charge on any atom is -0.360 e. The van der Waals surface area contributed by atoms with E-state index in [1.165, 1.54) is 0 Å². The zero-order valence-corrected chi connectivity index (χ0v) is 14.9. The second kappa shape index (κ2) is 5.27. The molecule has 0 aliphatic heterocycles. The lowest BCUT2D eigenvalue weighted by Gasteiger charge is -2.19. The van der Waals surface area contributed by atoms with E-state index < -0.39 is 14.2 Å². The van der Waals surface area contributed by atoms with Crippen LogP contribution >= 0.6 is 0 Å². The summed E-state index contributed by atoms with van der Waals surface area (Å²) in [5.74, 6) is 0.0594. The van der Waals surface area contributed by atoms with Crippen LogP contribution in [0.1, 0.15) is 28.7 Å². The van der Waals surface area contributed by atoms with E-state index in [4.69, 9.17) is 4.74 Å². The fraction of sp³-hybridized carbons (Fsp3) is 0.750. The molecule has 1 aromatic rings. The molecule has 1 aromatic heterocycles. The van der Waals surface area contributed by atoms with Gasteiger partial charge in [-0.2, -0.15) is 5.10 Å². The molecule has 22 heavy (non-hydrogen) atoms. The van der Waals surface area contributed by atoms with E-state index in [1.807, 2.05) is 6.92 Å². The summed E-state index contributed by atoms with van der Waals surface area (Å²) in [6, 6.07) is 1.10. The van der Waals surface area contributed by atoms with E-state index in [2.05, 4.69) is 24.7 Å². The van der Waals surface area contributed by atoms with Crippen LogP contribution in [0.15, 0.2) is 0 Å². The highest BCUT2D eigenvalue weighted by Gasteiger charge is 2.64. The van der Waals surface area contributed by atoms with E-state index in [-0.39, 0.29) is 11.3 Å². The number of ether oxygens (including phenoxy) is 1. The summed E-state index contributed by atoms with van der Waals surface area (Å²) in [7, 11) is -1.11. The Labute approximate surface area is 132 Å². The molecule has 0 aromatic carbocycles. The van der Waals surface area contributed by atoms with Gasteiger partial charge in [0.05, 0.1) is 0 Å². The average molecular weight is 324 g/mol. The van der Waals surface area contributed by atoms with Crippen molar-refractivity contribution in [3.63, 3.8) is 0 Å². The van der Waals surface area contributed by atoms with Crippen molar-refractivity contribution >= 4 is 14.4 Å². The van der Waals surface area contributed by atoms with Gasteiger partial charge in [-0.25, -0.2) is 9.07 Å². The zero-order chi connectivity index (χ0) is 16.1. The van der Waals surface area contributed by atoms with E-state index >= 15 is 0 Å². The molecule has 6 heteroatoms. The van der Waals surface area contributed by atoms with Gasteiger partial charge >= 0.3 is 0 Å². The maximum absolute atomic E-state index is 14.0. The second-order valence-corrected chi connectivity index (χ2v) is 13.8. The van der Waals surface area contributed by atoms with E-state index in [0.29, 0.717) is 31.9 Å². The highest BCUT2D eigenvalue weighted by Crippen LogP contribution is 2.61. The Bertz CT molecular complexity index is 596. The summed E-state index contributed by atoms with van der Waals surface area (Å²) in [6.07, 6.45) is 1.33. The Morgan fingerprint density at radius 3 is 2.86 bits per heavy atom. The van der Waals surface area contributed by atoms with Gasteiger partial charge in [0.25, 0.3) is 0 Å². The van der Waals surface area contributed by atoms with Gasteiger partial charge in [0.1, 0.15) is 18.6 Å². The number of hydrogen-bond donors (Lipinski definition) is 0.